The van der Waals surface area contributed by atoms with Gasteiger partial charge in [0.15, 0.2) is 6.61 Å². The summed E-state index contributed by atoms with van der Waals surface area (Å²) in [6.45, 7) is 0.308. The number of anilines is 2. The van der Waals surface area contributed by atoms with Gasteiger partial charge in [0, 0.05) is 24.7 Å². The monoisotopic (exact) mass is 412 g/mol. The van der Waals surface area contributed by atoms with E-state index in [4.69, 9.17) is 14.2 Å². The first kappa shape index (κ1) is 21.2. The summed E-state index contributed by atoms with van der Waals surface area (Å²) >= 11 is 0. The molecule has 0 radical (unpaired) electrons. The zero-order valence-electron chi connectivity index (χ0n) is 17.0. The first-order chi connectivity index (χ1) is 14.5. The lowest BCUT2D eigenvalue weighted by molar-refractivity contribution is -0.146. The van der Waals surface area contributed by atoms with Gasteiger partial charge in [0.25, 0.3) is 5.91 Å². The van der Waals surface area contributed by atoms with Crippen molar-refractivity contribution in [3.8, 4) is 11.5 Å². The van der Waals surface area contributed by atoms with Crippen LogP contribution in [0.3, 0.4) is 0 Å². The summed E-state index contributed by atoms with van der Waals surface area (Å²) in [5.74, 6) is 0.148. The van der Waals surface area contributed by atoms with Crippen LogP contribution in [-0.4, -0.2) is 45.2 Å². The fourth-order valence-electron chi connectivity index (χ4n) is 3.17. The smallest absolute Gasteiger partial charge is 0.310 e. The van der Waals surface area contributed by atoms with Crippen LogP contribution in [0.4, 0.5) is 11.4 Å². The highest BCUT2D eigenvalue weighted by molar-refractivity contribution is 5.95. The molecule has 0 aliphatic carbocycles. The number of methoxy groups -OCH3 is 2. The van der Waals surface area contributed by atoms with E-state index in [-0.39, 0.29) is 12.3 Å². The normalized spacial score (nSPS) is 13.1. The van der Waals surface area contributed by atoms with E-state index in [9.17, 15) is 14.4 Å². The second-order valence-corrected chi connectivity index (χ2v) is 6.77. The molecule has 1 heterocycles. The van der Waals surface area contributed by atoms with Gasteiger partial charge in [-0.1, -0.05) is 12.1 Å². The van der Waals surface area contributed by atoms with Crippen LogP contribution in [0.15, 0.2) is 42.5 Å². The summed E-state index contributed by atoms with van der Waals surface area (Å²) < 4.78 is 15.4. The molecule has 0 aromatic heterocycles. The highest BCUT2D eigenvalue weighted by atomic mass is 16.5. The zero-order chi connectivity index (χ0) is 21.5. The maximum absolute atomic E-state index is 12.1. The molecule has 0 bridgehead atoms. The van der Waals surface area contributed by atoms with Gasteiger partial charge in [-0.3, -0.25) is 14.4 Å². The van der Waals surface area contributed by atoms with Crippen LogP contribution in [0.5, 0.6) is 11.5 Å². The van der Waals surface area contributed by atoms with Crippen molar-refractivity contribution in [1.29, 1.82) is 0 Å². The van der Waals surface area contributed by atoms with Crippen LogP contribution in [0.1, 0.15) is 18.4 Å². The number of esters is 1. The Morgan fingerprint density at radius 2 is 1.83 bits per heavy atom. The number of nitrogens with zero attached hydrogens (tertiary/aromatic N) is 1. The molecule has 2 aromatic rings. The lowest BCUT2D eigenvalue weighted by Crippen LogP contribution is -2.23. The minimum absolute atomic E-state index is 0.0351. The molecule has 1 N–H and O–H groups in total. The summed E-state index contributed by atoms with van der Waals surface area (Å²) in [5.41, 5.74) is 2.02. The molecular weight excluding hydrogens is 388 g/mol. The molecule has 30 heavy (non-hydrogen) atoms. The van der Waals surface area contributed by atoms with Crippen molar-refractivity contribution >= 4 is 29.2 Å². The minimum atomic E-state index is -0.517. The highest BCUT2D eigenvalue weighted by Gasteiger charge is 2.21. The van der Waals surface area contributed by atoms with Crippen molar-refractivity contribution in [2.45, 2.75) is 19.3 Å². The summed E-state index contributed by atoms with van der Waals surface area (Å²) in [5, 5.41) is 2.64. The van der Waals surface area contributed by atoms with Crippen LogP contribution >= 0.6 is 0 Å². The maximum atomic E-state index is 12.1. The SMILES string of the molecule is COc1ccc(NC(=O)COC(=O)Cc2ccc(N3CCCC3=O)cc2)c(OC)c1. The second kappa shape index (κ2) is 9.78. The Kier molecular flexibility index (Phi) is 6.90. The molecule has 1 fully saturated rings. The third-order valence-corrected chi connectivity index (χ3v) is 4.72. The van der Waals surface area contributed by atoms with E-state index in [1.807, 2.05) is 12.1 Å². The molecule has 8 heteroatoms. The maximum Gasteiger partial charge on any atom is 0.310 e. The number of ether oxygens (including phenoxy) is 3. The molecule has 2 aromatic carbocycles. The quantitative estimate of drug-likeness (QED) is 0.670. The van der Waals surface area contributed by atoms with Crippen molar-refractivity contribution < 1.29 is 28.6 Å². The Bertz CT molecular complexity index is 926. The molecule has 3 rings (SSSR count). The molecule has 1 aliphatic heterocycles. The van der Waals surface area contributed by atoms with Gasteiger partial charge in [-0.05, 0) is 36.2 Å². The molecule has 1 aliphatic rings. The number of benzene rings is 2. The molecule has 0 unspecified atom stereocenters. The fraction of sp³-hybridized carbons (Fsp3) is 0.318. The Balaban J connectivity index is 1.48. The van der Waals surface area contributed by atoms with Gasteiger partial charge in [0.2, 0.25) is 5.91 Å². The topological polar surface area (TPSA) is 94.2 Å². The molecule has 0 atom stereocenters. The average molecular weight is 412 g/mol. The van der Waals surface area contributed by atoms with E-state index in [0.29, 0.717) is 30.2 Å². The summed E-state index contributed by atoms with van der Waals surface area (Å²) in [6, 6.07) is 12.2. The molecule has 1 saturated heterocycles. The highest BCUT2D eigenvalue weighted by Crippen LogP contribution is 2.29. The van der Waals surface area contributed by atoms with E-state index in [0.717, 1.165) is 17.7 Å². The Hall–Kier alpha value is -3.55. The Labute approximate surface area is 174 Å². The summed E-state index contributed by atoms with van der Waals surface area (Å²) in [4.78, 5) is 37.7. The van der Waals surface area contributed by atoms with E-state index in [1.54, 1.807) is 35.2 Å². The largest absolute Gasteiger partial charge is 0.497 e. The third kappa shape index (κ3) is 5.28. The van der Waals surface area contributed by atoms with Crippen LogP contribution in [-0.2, 0) is 25.5 Å². The molecular formula is C22H24N2O6. The lowest BCUT2D eigenvalue weighted by atomic mass is 10.1. The molecule has 8 nitrogen and oxygen atoms in total. The average Bonchev–Trinajstić information content (AvgIpc) is 3.19. The minimum Gasteiger partial charge on any atom is -0.497 e. The van der Waals surface area contributed by atoms with Crippen molar-refractivity contribution in [3.63, 3.8) is 0 Å². The van der Waals surface area contributed by atoms with Gasteiger partial charge in [-0.25, -0.2) is 0 Å². The molecule has 158 valence electrons. The molecule has 0 spiro atoms. The van der Waals surface area contributed by atoms with Crippen molar-refractivity contribution in [2.75, 3.05) is 37.6 Å². The number of carbonyl (C=O) groups excluding carboxylic acids is 3. The van der Waals surface area contributed by atoms with Gasteiger partial charge in [0.05, 0.1) is 26.3 Å². The van der Waals surface area contributed by atoms with Crippen LogP contribution in [0, 0.1) is 0 Å². The van der Waals surface area contributed by atoms with E-state index in [2.05, 4.69) is 5.32 Å². The summed E-state index contributed by atoms with van der Waals surface area (Å²) in [7, 11) is 3.02. The van der Waals surface area contributed by atoms with Crippen LogP contribution in [0.25, 0.3) is 0 Å². The number of hydrogen-bond acceptors (Lipinski definition) is 6. The molecule has 0 saturated carbocycles. The van der Waals surface area contributed by atoms with Gasteiger partial charge in [-0.15, -0.1) is 0 Å². The lowest BCUT2D eigenvalue weighted by Gasteiger charge is -2.15. The standard InChI is InChI=1S/C22H24N2O6/c1-28-17-9-10-18(19(13-17)29-2)23-20(25)14-30-22(27)12-15-5-7-16(8-6-15)24-11-3-4-21(24)26/h5-10,13H,3-4,11-12,14H2,1-2H3,(H,23,25). The number of carbonyl (C=O) groups is 3. The number of amides is 2. The van der Waals surface area contributed by atoms with Crippen LogP contribution in [0.2, 0.25) is 0 Å². The number of rotatable bonds is 8. The van der Waals surface area contributed by atoms with Crippen molar-refractivity contribution in [2.24, 2.45) is 0 Å². The zero-order valence-corrected chi connectivity index (χ0v) is 17.0. The second-order valence-electron chi connectivity index (χ2n) is 6.77. The number of nitrogens with one attached hydrogen (secondary N) is 1. The van der Waals surface area contributed by atoms with Crippen LogP contribution < -0.4 is 19.7 Å². The van der Waals surface area contributed by atoms with Gasteiger partial charge >= 0.3 is 5.97 Å². The predicted octanol–water partition coefficient (Wildman–Crippen LogP) is 2.56. The van der Waals surface area contributed by atoms with E-state index < -0.39 is 18.5 Å². The number of hydrogen-bond donors (Lipinski definition) is 1. The fourth-order valence-corrected chi connectivity index (χ4v) is 3.17. The van der Waals surface area contributed by atoms with Gasteiger partial charge in [0.1, 0.15) is 11.5 Å². The molecule has 2 amide bonds. The third-order valence-electron chi connectivity index (χ3n) is 4.72. The van der Waals surface area contributed by atoms with Crippen molar-refractivity contribution in [1.82, 2.24) is 0 Å². The Morgan fingerprint density at radius 1 is 1.07 bits per heavy atom. The Morgan fingerprint density at radius 3 is 2.47 bits per heavy atom. The first-order valence-electron chi connectivity index (χ1n) is 9.57. The van der Waals surface area contributed by atoms with E-state index in [1.165, 1.54) is 14.2 Å². The van der Waals surface area contributed by atoms with Gasteiger partial charge < -0.3 is 24.4 Å². The van der Waals surface area contributed by atoms with Gasteiger partial charge in [-0.2, -0.15) is 0 Å². The first-order valence-corrected chi connectivity index (χ1v) is 9.57. The summed E-state index contributed by atoms with van der Waals surface area (Å²) in [6.07, 6.45) is 1.46. The van der Waals surface area contributed by atoms with E-state index >= 15 is 0 Å². The van der Waals surface area contributed by atoms with Crippen molar-refractivity contribution in [3.05, 3.63) is 48.0 Å². The predicted molar refractivity (Wildman–Crippen MR) is 111 cm³/mol.